The molecule has 9 nitrogen and oxygen atoms in total. The van der Waals surface area contributed by atoms with Gasteiger partial charge in [-0.1, -0.05) is 0 Å². The van der Waals surface area contributed by atoms with E-state index in [0.29, 0.717) is 25.0 Å². The second kappa shape index (κ2) is 7.91. The fourth-order valence-corrected chi connectivity index (χ4v) is 3.38. The summed E-state index contributed by atoms with van der Waals surface area (Å²) in [6, 6.07) is 4.28. The zero-order chi connectivity index (χ0) is 18.6. The summed E-state index contributed by atoms with van der Waals surface area (Å²) >= 11 is 0. The van der Waals surface area contributed by atoms with Gasteiger partial charge in [-0.2, -0.15) is 15.4 Å². The largest absolute Gasteiger partial charge is 0.495 e. The third-order valence-electron chi connectivity index (χ3n) is 4.99. The fourth-order valence-electron chi connectivity index (χ4n) is 3.38. The number of nitrogens with zero attached hydrogens (tertiary/aromatic N) is 5. The average Bonchev–Trinajstić information content (AvgIpc) is 3.27. The number of hydrogen-bond acceptors (Lipinski definition) is 8. The summed E-state index contributed by atoms with van der Waals surface area (Å²) in [7, 11) is 3.62. The molecular formula is C18H25N7O2. The van der Waals surface area contributed by atoms with E-state index in [-0.39, 0.29) is 6.04 Å². The van der Waals surface area contributed by atoms with Gasteiger partial charge in [0.1, 0.15) is 5.75 Å². The maximum absolute atomic E-state index is 6.02. The molecule has 2 N–H and O–H groups in total. The number of methoxy groups -OCH3 is 1. The highest BCUT2D eigenvalue weighted by molar-refractivity contribution is 5.77. The lowest BCUT2D eigenvalue weighted by molar-refractivity contribution is 0.214. The molecule has 9 heteroatoms. The van der Waals surface area contributed by atoms with E-state index in [1.165, 1.54) is 0 Å². The second-order valence-corrected chi connectivity index (χ2v) is 7.11. The van der Waals surface area contributed by atoms with Crippen molar-refractivity contribution < 1.29 is 9.47 Å². The van der Waals surface area contributed by atoms with Crippen molar-refractivity contribution in [3.63, 3.8) is 0 Å². The van der Waals surface area contributed by atoms with Crippen LogP contribution in [0.1, 0.15) is 30.1 Å². The molecule has 2 aromatic heterocycles. The molecule has 2 aliphatic rings. The Morgan fingerprint density at radius 1 is 1.33 bits per heavy atom. The fraction of sp³-hybridized carbons (Fsp3) is 0.556. The Labute approximate surface area is 158 Å². The number of hydrazone groups is 1. The topological polar surface area (TPSA) is 101 Å². The number of aromatic nitrogens is 4. The van der Waals surface area contributed by atoms with Gasteiger partial charge in [0, 0.05) is 43.6 Å². The number of pyridine rings is 1. The predicted molar refractivity (Wildman–Crippen MR) is 99.3 cm³/mol. The molecule has 3 heterocycles. The summed E-state index contributed by atoms with van der Waals surface area (Å²) in [5.41, 5.74) is 2.01. The summed E-state index contributed by atoms with van der Waals surface area (Å²) in [5.74, 6) is 2.55. The Kier molecular flexibility index (Phi) is 5.19. The Balaban J connectivity index is 1.24. The lowest BCUT2D eigenvalue weighted by atomic mass is 10.1. The third kappa shape index (κ3) is 4.54. The Bertz CT molecular complexity index is 763. The summed E-state index contributed by atoms with van der Waals surface area (Å²) in [6.07, 6.45) is 5.39. The van der Waals surface area contributed by atoms with Crippen molar-refractivity contribution in [2.75, 3.05) is 27.3 Å². The number of H-pyrrole nitrogens is 1. The summed E-state index contributed by atoms with van der Waals surface area (Å²) < 4.78 is 11.2. The number of ether oxygens (including phenoxy) is 2. The Morgan fingerprint density at radius 2 is 2.26 bits per heavy atom. The molecule has 1 aliphatic heterocycles. The van der Waals surface area contributed by atoms with E-state index >= 15 is 0 Å². The van der Waals surface area contributed by atoms with Gasteiger partial charge < -0.3 is 14.8 Å². The van der Waals surface area contributed by atoms with Crippen LogP contribution in [-0.4, -0.2) is 64.7 Å². The highest BCUT2D eigenvalue weighted by Gasteiger charge is 2.40. The minimum atomic E-state index is 0.275. The average molecular weight is 371 g/mol. The van der Waals surface area contributed by atoms with Crippen molar-refractivity contribution in [2.45, 2.75) is 31.3 Å². The summed E-state index contributed by atoms with van der Waals surface area (Å²) in [4.78, 5) is 4.49. The van der Waals surface area contributed by atoms with Gasteiger partial charge in [-0.25, -0.2) is 0 Å². The highest BCUT2D eigenvalue weighted by Crippen LogP contribution is 2.47. The summed E-state index contributed by atoms with van der Waals surface area (Å²) in [5, 5.41) is 20.5. The number of likely N-dealkylation sites (N-methyl/N-ethyl adjacent to an activating group) is 1. The van der Waals surface area contributed by atoms with Crippen LogP contribution in [0.15, 0.2) is 29.6 Å². The smallest absolute Gasteiger partial charge is 0.207 e. The first-order valence-electron chi connectivity index (χ1n) is 9.20. The lowest BCUT2D eigenvalue weighted by Gasteiger charge is -2.29. The van der Waals surface area contributed by atoms with Crippen LogP contribution in [0.25, 0.3) is 0 Å². The van der Waals surface area contributed by atoms with Gasteiger partial charge in [-0.3, -0.25) is 9.99 Å². The van der Waals surface area contributed by atoms with Gasteiger partial charge in [0.05, 0.1) is 38.3 Å². The van der Waals surface area contributed by atoms with Crippen LogP contribution in [0.3, 0.4) is 0 Å². The van der Waals surface area contributed by atoms with E-state index in [1.807, 2.05) is 24.2 Å². The number of rotatable bonds is 7. The summed E-state index contributed by atoms with van der Waals surface area (Å²) in [6.45, 7) is 2.20. The first kappa shape index (κ1) is 17.7. The van der Waals surface area contributed by atoms with Gasteiger partial charge in [0.25, 0.3) is 0 Å². The third-order valence-corrected chi connectivity index (χ3v) is 4.99. The molecule has 0 saturated heterocycles. The molecule has 0 aromatic carbocycles. The van der Waals surface area contributed by atoms with Crippen molar-refractivity contribution in [3.8, 4) is 5.75 Å². The van der Waals surface area contributed by atoms with Gasteiger partial charge in [-0.15, -0.1) is 5.10 Å². The van der Waals surface area contributed by atoms with Gasteiger partial charge in [0.2, 0.25) is 5.90 Å². The molecule has 1 fully saturated rings. The second-order valence-electron chi connectivity index (χ2n) is 7.11. The van der Waals surface area contributed by atoms with E-state index in [2.05, 4.69) is 30.8 Å². The maximum Gasteiger partial charge on any atom is 0.207 e. The molecule has 2 aromatic rings. The predicted octanol–water partition coefficient (Wildman–Crippen LogP) is 1.14. The molecule has 0 radical (unpaired) electrons. The molecule has 4 rings (SSSR count). The Morgan fingerprint density at radius 3 is 3.00 bits per heavy atom. The standard InChI is InChI=1S/C18H25N7O2/c1-25-10-13(19-7-14-8-21-24-22-14)6-18(23-25)27-11-12-5-16(12)17-4-3-15(26-2)9-20-17/h3-4,8-9,12-13,16,19H,5-7,10-11H2,1-2H3,(H,21,22,24). The van der Waals surface area contributed by atoms with Crippen LogP contribution < -0.4 is 10.1 Å². The monoisotopic (exact) mass is 371 g/mol. The van der Waals surface area contributed by atoms with Gasteiger partial charge >= 0.3 is 0 Å². The first-order chi connectivity index (χ1) is 13.2. The Hall–Kier alpha value is -2.68. The van der Waals surface area contributed by atoms with Crippen LogP contribution in [0.5, 0.6) is 5.75 Å². The van der Waals surface area contributed by atoms with Crippen LogP contribution in [0.2, 0.25) is 0 Å². The van der Waals surface area contributed by atoms with Gasteiger partial charge in [-0.05, 0) is 18.6 Å². The van der Waals surface area contributed by atoms with Gasteiger partial charge in [0.15, 0.2) is 0 Å². The van der Waals surface area contributed by atoms with E-state index in [1.54, 1.807) is 19.5 Å². The molecule has 144 valence electrons. The minimum Gasteiger partial charge on any atom is -0.495 e. The van der Waals surface area contributed by atoms with E-state index in [0.717, 1.165) is 42.4 Å². The maximum atomic E-state index is 6.02. The van der Waals surface area contributed by atoms with E-state index in [9.17, 15) is 0 Å². The molecular weight excluding hydrogens is 346 g/mol. The molecule has 1 aliphatic carbocycles. The molecule has 0 bridgehead atoms. The first-order valence-corrected chi connectivity index (χ1v) is 9.20. The lowest BCUT2D eigenvalue weighted by Crippen LogP contribution is -2.43. The molecule has 3 atom stereocenters. The molecule has 1 saturated carbocycles. The van der Waals surface area contributed by atoms with Crippen molar-refractivity contribution in [1.29, 1.82) is 0 Å². The molecule has 0 spiro atoms. The molecule has 3 unspecified atom stereocenters. The minimum absolute atomic E-state index is 0.275. The SMILES string of the molecule is COc1ccc(C2CC2COC2=NN(C)CC(NCc3cn[nH]n3)C2)nc1. The van der Waals surface area contributed by atoms with Crippen molar-refractivity contribution in [2.24, 2.45) is 11.0 Å². The van der Waals surface area contributed by atoms with E-state index in [4.69, 9.17) is 9.47 Å². The van der Waals surface area contributed by atoms with Crippen molar-refractivity contribution in [3.05, 3.63) is 35.9 Å². The quantitative estimate of drug-likeness (QED) is 0.752. The van der Waals surface area contributed by atoms with Crippen LogP contribution >= 0.6 is 0 Å². The zero-order valence-electron chi connectivity index (χ0n) is 15.6. The van der Waals surface area contributed by atoms with Crippen LogP contribution in [-0.2, 0) is 11.3 Å². The molecule has 27 heavy (non-hydrogen) atoms. The molecule has 0 amide bonds. The zero-order valence-corrected chi connectivity index (χ0v) is 15.6. The van der Waals surface area contributed by atoms with Crippen LogP contribution in [0.4, 0.5) is 0 Å². The van der Waals surface area contributed by atoms with E-state index < -0.39 is 0 Å². The van der Waals surface area contributed by atoms with Crippen molar-refractivity contribution in [1.82, 2.24) is 30.7 Å². The number of nitrogens with one attached hydrogen (secondary N) is 2. The normalized spacial score (nSPS) is 24.4. The number of hydrogen-bond donors (Lipinski definition) is 2. The number of aromatic amines is 1. The van der Waals surface area contributed by atoms with Crippen molar-refractivity contribution >= 4 is 5.90 Å². The van der Waals surface area contributed by atoms with Crippen LogP contribution in [0, 0.1) is 5.92 Å². The highest BCUT2D eigenvalue weighted by atomic mass is 16.5.